The van der Waals surface area contributed by atoms with Crippen LogP contribution in [-0.4, -0.2) is 88.9 Å². The van der Waals surface area contributed by atoms with Gasteiger partial charge >= 0.3 is 0 Å². The lowest BCUT2D eigenvalue weighted by Gasteiger charge is -2.40. The van der Waals surface area contributed by atoms with Crippen LogP contribution in [0.5, 0.6) is 0 Å². The third kappa shape index (κ3) is 8.83. The Morgan fingerprint density at radius 2 is 1.89 bits per heavy atom. The van der Waals surface area contributed by atoms with E-state index in [9.17, 15) is 0 Å². The Morgan fingerprint density at radius 1 is 1.19 bits per heavy atom. The summed E-state index contributed by atoms with van der Waals surface area (Å²) in [6.45, 7) is 14.0. The van der Waals surface area contributed by atoms with E-state index in [0.717, 1.165) is 45.2 Å². The molecule has 0 aromatic carbocycles. The van der Waals surface area contributed by atoms with Crippen LogP contribution < -0.4 is 10.6 Å². The van der Waals surface area contributed by atoms with Gasteiger partial charge in [-0.25, -0.2) is 0 Å². The van der Waals surface area contributed by atoms with Crippen LogP contribution in [0.1, 0.15) is 39.5 Å². The molecule has 0 spiro atoms. The van der Waals surface area contributed by atoms with Gasteiger partial charge in [0, 0.05) is 66.1 Å². The molecule has 0 radical (unpaired) electrons. The fourth-order valence-electron chi connectivity index (χ4n) is 3.88. The number of piperazine rings is 1. The van der Waals surface area contributed by atoms with E-state index in [2.05, 4.69) is 41.3 Å². The quantitative estimate of drug-likeness (QED) is 0.277. The zero-order chi connectivity index (χ0) is 18.8. The summed E-state index contributed by atoms with van der Waals surface area (Å²) < 4.78 is 5.30. The van der Waals surface area contributed by atoms with Crippen LogP contribution in [0.4, 0.5) is 0 Å². The number of aliphatic imine (C=N–C) groups is 1. The van der Waals surface area contributed by atoms with Gasteiger partial charge in [-0.15, -0.1) is 24.0 Å². The van der Waals surface area contributed by atoms with Gasteiger partial charge in [-0.05, 0) is 44.6 Å². The Bertz CT molecular complexity index is 423. The molecular weight excluding hydrogens is 453 g/mol. The van der Waals surface area contributed by atoms with Crippen molar-refractivity contribution in [3.05, 3.63) is 0 Å². The Labute approximate surface area is 183 Å². The van der Waals surface area contributed by atoms with Crippen LogP contribution in [0.25, 0.3) is 0 Å². The second-order valence-corrected chi connectivity index (χ2v) is 8.38. The van der Waals surface area contributed by atoms with Crippen LogP contribution in [-0.2, 0) is 4.74 Å². The van der Waals surface area contributed by atoms with Gasteiger partial charge in [0.25, 0.3) is 0 Å². The van der Waals surface area contributed by atoms with E-state index < -0.39 is 0 Å². The highest BCUT2D eigenvalue weighted by Crippen LogP contribution is 2.44. The molecule has 2 rings (SSSR count). The van der Waals surface area contributed by atoms with Crippen molar-refractivity contribution in [2.24, 2.45) is 16.3 Å². The molecule has 0 amide bonds. The lowest BCUT2D eigenvalue weighted by Crippen LogP contribution is -2.47. The summed E-state index contributed by atoms with van der Waals surface area (Å²) in [7, 11) is 4.01. The van der Waals surface area contributed by atoms with Crippen molar-refractivity contribution in [2.45, 2.75) is 39.5 Å². The van der Waals surface area contributed by atoms with Gasteiger partial charge in [-0.1, -0.05) is 13.3 Å². The lowest BCUT2D eigenvalue weighted by molar-refractivity contribution is 0.0778. The van der Waals surface area contributed by atoms with E-state index in [1.54, 1.807) is 7.11 Å². The summed E-state index contributed by atoms with van der Waals surface area (Å²) in [5.74, 6) is 1.59. The normalized spacial score (nSPS) is 21.9. The molecule has 160 valence electrons. The number of hydrogen-bond acceptors (Lipinski definition) is 4. The first-order chi connectivity index (χ1) is 12.6. The van der Waals surface area contributed by atoms with E-state index in [1.165, 1.54) is 45.4 Å². The predicted octanol–water partition coefficient (Wildman–Crippen LogP) is 2.25. The molecule has 2 aliphatic rings. The number of likely N-dealkylation sites (N-methyl/N-ethyl adjacent to an activating group) is 1. The Kier molecular flexibility index (Phi) is 12.2. The van der Waals surface area contributed by atoms with Gasteiger partial charge in [0.05, 0.1) is 0 Å². The molecule has 0 aromatic heterocycles. The maximum atomic E-state index is 5.30. The summed E-state index contributed by atoms with van der Waals surface area (Å²) in [6.07, 6.45) is 5.05. The van der Waals surface area contributed by atoms with Gasteiger partial charge in [0.15, 0.2) is 5.96 Å². The topological polar surface area (TPSA) is 52.1 Å². The molecule has 1 aliphatic carbocycles. The van der Waals surface area contributed by atoms with Crippen molar-refractivity contribution in [3.63, 3.8) is 0 Å². The molecule has 27 heavy (non-hydrogen) atoms. The number of hydrogen-bond donors (Lipinski definition) is 2. The summed E-state index contributed by atoms with van der Waals surface area (Å²) in [6, 6.07) is 0. The summed E-state index contributed by atoms with van der Waals surface area (Å²) in [5.41, 5.74) is 0.379. The number of nitrogens with one attached hydrogen (secondary N) is 2. The van der Waals surface area contributed by atoms with Gasteiger partial charge in [0.2, 0.25) is 0 Å². The number of halogens is 1. The third-order valence-electron chi connectivity index (χ3n) is 5.95. The van der Waals surface area contributed by atoms with Crippen LogP contribution in [0, 0.1) is 11.3 Å². The maximum absolute atomic E-state index is 5.30. The molecule has 1 atom stereocenters. The maximum Gasteiger partial charge on any atom is 0.191 e. The molecule has 0 bridgehead atoms. The molecule has 2 N–H and O–H groups in total. The minimum absolute atomic E-state index is 0. The predicted molar refractivity (Wildman–Crippen MR) is 125 cm³/mol. The van der Waals surface area contributed by atoms with E-state index in [1.807, 2.05) is 0 Å². The van der Waals surface area contributed by atoms with Crippen LogP contribution in [0.15, 0.2) is 4.99 Å². The molecular formula is C20H42IN5O. The molecule has 1 heterocycles. The monoisotopic (exact) mass is 495 g/mol. The fourth-order valence-corrected chi connectivity index (χ4v) is 3.88. The number of guanidine groups is 1. The van der Waals surface area contributed by atoms with Gasteiger partial charge in [0.1, 0.15) is 0 Å². The van der Waals surface area contributed by atoms with Crippen LogP contribution in [0.2, 0.25) is 0 Å². The smallest absolute Gasteiger partial charge is 0.191 e. The van der Waals surface area contributed by atoms with E-state index in [0.29, 0.717) is 11.3 Å². The highest BCUT2D eigenvalue weighted by molar-refractivity contribution is 14.0. The average molecular weight is 495 g/mol. The molecule has 2 fully saturated rings. The van der Waals surface area contributed by atoms with Crippen molar-refractivity contribution < 1.29 is 4.74 Å². The molecule has 1 saturated heterocycles. The van der Waals surface area contributed by atoms with Gasteiger partial charge in [-0.2, -0.15) is 0 Å². The number of nitrogens with zero attached hydrogens (tertiary/aromatic N) is 3. The second-order valence-electron chi connectivity index (χ2n) is 8.38. The SMILES string of the molecule is CCNC(=NCC1(CCOC)CCC1)NCC(C)CN1CCN(C)CC1.I. The van der Waals surface area contributed by atoms with Crippen molar-refractivity contribution in [1.29, 1.82) is 0 Å². The van der Waals surface area contributed by atoms with Crippen LogP contribution >= 0.6 is 24.0 Å². The summed E-state index contributed by atoms with van der Waals surface area (Å²) in [4.78, 5) is 9.91. The minimum Gasteiger partial charge on any atom is -0.385 e. The zero-order valence-electron chi connectivity index (χ0n) is 17.9. The van der Waals surface area contributed by atoms with Crippen molar-refractivity contribution >= 4 is 29.9 Å². The molecule has 1 aliphatic heterocycles. The molecule has 1 unspecified atom stereocenters. The standard InChI is InChI=1S/C20H41N5O.HI/c1-5-21-19(23-17-20(7-6-8-20)9-14-26-4)22-15-18(2)16-25-12-10-24(3)11-13-25;/h18H,5-17H2,1-4H3,(H2,21,22,23);1H. The lowest BCUT2D eigenvalue weighted by atomic mass is 9.67. The zero-order valence-corrected chi connectivity index (χ0v) is 20.3. The van der Waals surface area contributed by atoms with Gasteiger partial charge in [-0.3, -0.25) is 4.99 Å². The van der Waals surface area contributed by atoms with Crippen molar-refractivity contribution in [1.82, 2.24) is 20.4 Å². The van der Waals surface area contributed by atoms with E-state index in [4.69, 9.17) is 9.73 Å². The third-order valence-corrected chi connectivity index (χ3v) is 5.95. The molecule has 1 saturated carbocycles. The van der Waals surface area contributed by atoms with Crippen molar-refractivity contribution in [2.75, 3.05) is 73.1 Å². The van der Waals surface area contributed by atoms with E-state index in [-0.39, 0.29) is 24.0 Å². The molecule has 0 aromatic rings. The molecule has 7 heteroatoms. The number of ether oxygens (including phenoxy) is 1. The first-order valence-corrected chi connectivity index (χ1v) is 10.5. The summed E-state index contributed by atoms with van der Waals surface area (Å²) >= 11 is 0. The number of rotatable bonds is 10. The largest absolute Gasteiger partial charge is 0.385 e. The van der Waals surface area contributed by atoms with E-state index >= 15 is 0 Å². The summed E-state index contributed by atoms with van der Waals surface area (Å²) in [5, 5.41) is 6.98. The van der Waals surface area contributed by atoms with Crippen LogP contribution in [0.3, 0.4) is 0 Å². The first-order valence-electron chi connectivity index (χ1n) is 10.5. The highest BCUT2D eigenvalue weighted by Gasteiger charge is 2.36. The highest BCUT2D eigenvalue weighted by atomic mass is 127. The Hall–Kier alpha value is -0.120. The number of methoxy groups -OCH3 is 1. The first kappa shape index (κ1) is 24.9. The minimum atomic E-state index is 0. The Morgan fingerprint density at radius 3 is 2.44 bits per heavy atom. The van der Waals surface area contributed by atoms with Gasteiger partial charge < -0.3 is 25.2 Å². The van der Waals surface area contributed by atoms with Crippen molar-refractivity contribution in [3.8, 4) is 0 Å². The second kappa shape index (κ2) is 13.2. The fraction of sp³-hybridized carbons (Fsp3) is 0.950. The molecule has 6 nitrogen and oxygen atoms in total. The average Bonchev–Trinajstić information content (AvgIpc) is 2.60. The Balaban J connectivity index is 0.00000364.